The SMILES string of the molecule is Cc1ccccc1C(OCC(F)F)C(C)N. The molecule has 0 spiro atoms. The van der Waals surface area contributed by atoms with Crippen LogP contribution >= 0.6 is 0 Å². The highest BCUT2D eigenvalue weighted by Crippen LogP contribution is 2.24. The molecular weight excluding hydrogens is 212 g/mol. The second-order valence-electron chi connectivity index (χ2n) is 3.86. The van der Waals surface area contributed by atoms with E-state index in [9.17, 15) is 8.78 Å². The van der Waals surface area contributed by atoms with E-state index in [0.29, 0.717) is 0 Å². The van der Waals surface area contributed by atoms with Crippen molar-refractivity contribution < 1.29 is 13.5 Å². The van der Waals surface area contributed by atoms with Crippen molar-refractivity contribution in [1.82, 2.24) is 0 Å². The number of benzene rings is 1. The highest BCUT2D eigenvalue weighted by molar-refractivity contribution is 5.28. The second kappa shape index (κ2) is 5.92. The number of hydrogen-bond acceptors (Lipinski definition) is 2. The van der Waals surface area contributed by atoms with Gasteiger partial charge >= 0.3 is 0 Å². The highest BCUT2D eigenvalue weighted by Gasteiger charge is 2.20. The summed E-state index contributed by atoms with van der Waals surface area (Å²) in [6, 6.07) is 7.19. The molecule has 0 fully saturated rings. The lowest BCUT2D eigenvalue weighted by Gasteiger charge is -2.23. The molecule has 0 radical (unpaired) electrons. The molecule has 0 aliphatic heterocycles. The molecule has 0 amide bonds. The van der Waals surface area contributed by atoms with Gasteiger partial charge in [-0.3, -0.25) is 0 Å². The summed E-state index contributed by atoms with van der Waals surface area (Å²) in [5.41, 5.74) is 7.63. The average molecular weight is 229 g/mol. The Bertz CT molecular complexity index is 329. The Morgan fingerprint density at radius 2 is 1.94 bits per heavy atom. The zero-order valence-corrected chi connectivity index (χ0v) is 9.49. The summed E-state index contributed by atoms with van der Waals surface area (Å²) >= 11 is 0. The van der Waals surface area contributed by atoms with Gasteiger partial charge in [0.15, 0.2) is 0 Å². The van der Waals surface area contributed by atoms with E-state index in [1.165, 1.54) is 0 Å². The first-order valence-corrected chi connectivity index (χ1v) is 5.23. The molecule has 0 bridgehead atoms. The lowest BCUT2D eigenvalue weighted by atomic mass is 9.99. The summed E-state index contributed by atoms with van der Waals surface area (Å²) in [4.78, 5) is 0. The summed E-state index contributed by atoms with van der Waals surface area (Å²) in [5.74, 6) is 0. The van der Waals surface area contributed by atoms with Gasteiger partial charge in [-0.25, -0.2) is 8.78 Å². The Balaban J connectivity index is 2.82. The van der Waals surface area contributed by atoms with Crippen LogP contribution in [0, 0.1) is 6.92 Å². The van der Waals surface area contributed by atoms with Crippen molar-refractivity contribution in [3.05, 3.63) is 35.4 Å². The molecule has 0 aliphatic rings. The number of aryl methyl sites for hydroxylation is 1. The minimum absolute atomic E-state index is 0.320. The van der Waals surface area contributed by atoms with Gasteiger partial charge in [-0.15, -0.1) is 0 Å². The van der Waals surface area contributed by atoms with E-state index in [2.05, 4.69) is 0 Å². The number of ether oxygens (including phenoxy) is 1. The van der Waals surface area contributed by atoms with Crippen molar-refractivity contribution in [1.29, 1.82) is 0 Å². The lowest BCUT2D eigenvalue weighted by molar-refractivity contribution is -0.0328. The van der Waals surface area contributed by atoms with E-state index >= 15 is 0 Å². The first-order chi connectivity index (χ1) is 7.52. The maximum atomic E-state index is 12.1. The van der Waals surface area contributed by atoms with Crippen LogP contribution in [0.1, 0.15) is 24.2 Å². The van der Waals surface area contributed by atoms with E-state index in [1.807, 2.05) is 31.2 Å². The number of nitrogens with two attached hydrogens (primary N) is 1. The molecule has 2 N–H and O–H groups in total. The van der Waals surface area contributed by atoms with Gasteiger partial charge in [-0.1, -0.05) is 24.3 Å². The predicted octanol–water partition coefficient (Wildman–Crippen LogP) is 2.67. The predicted molar refractivity (Wildman–Crippen MR) is 59.5 cm³/mol. The van der Waals surface area contributed by atoms with Crippen LogP contribution in [-0.4, -0.2) is 19.1 Å². The third-order valence-corrected chi connectivity index (χ3v) is 2.37. The van der Waals surface area contributed by atoms with Gasteiger partial charge < -0.3 is 10.5 Å². The topological polar surface area (TPSA) is 35.2 Å². The minimum Gasteiger partial charge on any atom is -0.366 e. The van der Waals surface area contributed by atoms with Crippen molar-refractivity contribution in [3.63, 3.8) is 0 Å². The maximum absolute atomic E-state index is 12.1. The number of rotatable bonds is 5. The van der Waals surface area contributed by atoms with Crippen molar-refractivity contribution in [2.75, 3.05) is 6.61 Å². The number of halogens is 2. The largest absolute Gasteiger partial charge is 0.366 e. The molecule has 4 heteroatoms. The van der Waals surface area contributed by atoms with Gasteiger partial charge in [0.25, 0.3) is 6.43 Å². The first kappa shape index (κ1) is 13.1. The highest BCUT2D eigenvalue weighted by atomic mass is 19.3. The van der Waals surface area contributed by atoms with E-state index < -0.39 is 19.1 Å². The smallest absolute Gasteiger partial charge is 0.261 e. The normalized spacial score (nSPS) is 15.1. The zero-order chi connectivity index (χ0) is 12.1. The Labute approximate surface area is 94.4 Å². The van der Waals surface area contributed by atoms with Gasteiger partial charge in [-0.05, 0) is 25.0 Å². The van der Waals surface area contributed by atoms with Crippen LogP contribution in [0.2, 0.25) is 0 Å². The van der Waals surface area contributed by atoms with Crippen LogP contribution in [0.3, 0.4) is 0 Å². The molecule has 0 heterocycles. The summed E-state index contributed by atoms with van der Waals surface area (Å²) in [6.45, 7) is 3.08. The molecular formula is C12H17F2NO. The van der Waals surface area contributed by atoms with Gasteiger partial charge in [0, 0.05) is 6.04 Å². The summed E-state index contributed by atoms with van der Waals surface area (Å²) in [7, 11) is 0. The molecule has 1 aromatic rings. The first-order valence-electron chi connectivity index (χ1n) is 5.23. The molecule has 1 rings (SSSR count). The van der Waals surface area contributed by atoms with E-state index in [0.717, 1.165) is 11.1 Å². The number of alkyl halides is 2. The van der Waals surface area contributed by atoms with E-state index in [1.54, 1.807) is 6.92 Å². The van der Waals surface area contributed by atoms with Crippen molar-refractivity contribution in [3.8, 4) is 0 Å². The molecule has 2 unspecified atom stereocenters. The fourth-order valence-corrected chi connectivity index (χ4v) is 1.61. The fraction of sp³-hybridized carbons (Fsp3) is 0.500. The number of hydrogen-bond donors (Lipinski definition) is 1. The summed E-state index contributed by atoms with van der Waals surface area (Å²) in [6.07, 6.45) is -2.94. The second-order valence-corrected chi connectivity index (χ2v) is 3.86. The molecule has 0 aliphatic carbocycles. The van der Waals surface area contributed by atoms with Crippen molar-refractivity contribution in [2.24, 2.45) is 5.73 Å². The monoisotopic (exact) mass is 229 g/mol. The third-order valence-electron chi connectivity index (χ3n) is 2.37. The molecule has 1 aromatic carbocycles. The van der Waals surface area contributed by atoms with Crippen LogP contribution in [0.4, 0.5) is 8.78 Å². The lowest BCUT2D eigenvalue weighted by Crippen LogP contribution is -2.28. The molecule has 0 aromatic heterocycles. The molecule has 90 valence electrons. The van der Waals surface area contributed by atoms with Gasteiger partial charge in [0.05, 0.1) is 6.10 Å². The summed E-state index contributed by atoms with van der Waals surface area (Å²) in [5, 5.41) is 0. The van der Waals surface area contributed by atoms with Crippen LogP contribution in [-0.2, 0) is 4.74 Å². The third kappa shape index (κ3) is 3.54. The van der Waals surface area contributed by atoms with Gasteiger partial charge in [0.2, 0.25) is 0 Å². The molecule has 2 atom stereocenters. The van der Waals surface area contributed by atoms with Gasteiger partial charge in [-0.2, -0.15) is 0 Å². The Kier molecular flexibility index (Phi) is 4.83. The van der Waals surface area contributed by atoms with Crippen LogP contribution in [0.5, 0.6) is 0 Å². The standard InChI is InChI=1S/C12H17F2NO/c1-8-5-3-4-6-10(8)12(9(2)15)16-7-11(13)14/h3-6,9,11-12H,7,15H2,1-2H3. The Morgan fingerprint density at radius 1 is 1.31 bits per heavy atom. The van der Waals surface area contributed by atoms with E-state index in [-0.39, 0.29) is 6.04 Å². The van der Waals surface area contributed by atoms with Crippen LogP contribution in [0.25, 0.3) is 0 Å². The molecule has 0 saturated heterocycles. The zero-order valence-electron chi connectivity index (χ0n) is 9.49. The van der Waals surface area contributed by atoms with Gasteiger partial charge in [0.1, 0.15) is 6.61 Å². The maximum Gasteiger partial charge on any atom is 0.261 e. The molecule has 0 saturated carbocycles. The summed E-state index contributed by atoms with van der Waals surface area (Å²) < 4.78 is 29.4. The molecule has 16 heavy (non-hydrogen) atoms. The fourth-order valence-electron chi connectivity index (χ4n) is 1.61. The van der Waals surface area contributed by atoms with Crippen molar-refractivity contribution in [2.45, 2.75) is 32.4 Å². The Hall–Kier alpha value is -1.00. The quantitative estimate of drug-likeness (QED) is 0.842. The molecule has 2 nitrogen and oxygen atoms in total. The van der Waals surface area contributed by atoms with Crippen molar-refractivity contribution >= 4 is 0 Å². The van der Waals surface area contributed by atoms with Crippen LogP contribution in [0.15, 0.2) is 24.3 Å². The van der Waals surface area contributed by atoms with Crippen LogP contribution < -0.4 is 5.73 Å². The minimum atomic E-state index is -2.47. The Morgan fingerprint density at radius 3 is 2.44 bits per heavy atom. The van der Waals surface area contributed by atoms with E-state index in [4.69, 9.17) is 10.5 Å². The average Bonchev–Trinajstić information content (AvgIpc) is 2.20.